The van der Waals surface area contributed by atoms with Gasteiger partial charge in [0.2, 0.25) is 0 Å². The van der Waals surface area contributed by atoms with Crippen molar-refractivity contribution in [1.82, 2.24) is 0 Å². The van der Waals surface area contributed by atoms with E-state index in [4.69, 9.17) is 0 Å². The van der Waals surface area contributed by atoms with Gasteiger partial charge in [-0.15, -0.1) is 0 Å². The first-order valence-corrected chi connectivity index (χ1v) is 6.71. The van der Waals surface area contributed by atoms with Crippen molar-refractivity contribution < 1.29 is 0 Å². The van der Waals surface area contributed by atoms with Crippen molar-refractivity contribution in [2.24, 2.45) is 5.92 Å². The molecule has 0 amide bonds. The lowest BCUT2D eigenvalue weighted by atomic mass is 9.86. The molecule has 0 heterocycles. The molecule has 0 nitrogen and oxygen atoms in total. The highest BCUT2D eigenvalue weighted by Crippen LogP contribution is 2.29. The molecule has 1 fully saturated rings. The molecule has 1 aliphatic carbocycles. The lowest BCUT2D eigenvalue weighted by Gasteiger charge is -2.19. The second-order valence-corrected chi connectivity index (χ2v) is 5.04. The normalized spacial score (nSPS) is 18.1. The Kier molecular flexibility index (Phi) is 4.19. The molecule has 0 unspecified atom stereocenters. The van der Waals surface area contributed by atoms with Crippen molar-refractivity contribution in [2.75, 3.05) is 0 Å². The van der Waals surface area contributed by atoms with E-state index in [9.17, 15) is 0 Å². The lowest BCUT2D eigenvalue weighted by molar-refractivity contribution is 0.420. The number of allylic oxidation sites excluding steroid dienone is 3. The zero-order valence-corrected chi connectivity index (χ0v) is 10.8. The number of hydrogen-bond acceptors (Lipinski definition) is 0. The SMILES string of the molecule is C=C/C(=C\C1CCCCC1)c1ccccc1C. The van der Waals surface area contributed by atoms with Crippen molar-refractivity contribution >= 4 is 5.57 Å². The monoisotopic (exact) mass is 226 g/mol. The van der Waals surface area contributed by atoms with Gasteiger partial charge in [-0.3, -0.25) is 0 Å². The fraction of sp³-hybridized carbons (Fsp3) is 0.412. The molecule has 1 aromatic carbocycles. The van der Waals surface area contributed by atoms with Gasteiger partial charge in [0.25, 0.3) is 0 Å². The second-order valence-electron chi connectivity index (χ2n) is 5.04. The van der Waals surface area contributed by atoms with Crippen LogP contribution in [0.2, 0.25) is 0 Å². The lowest BCUT2D eigenvalue weighted by Crippen LogP contribution is -2.03. The van der Waals surface area contributed by atoms with Gasteiger partial charge in [-0.05, 0) is 42.4 Å². The summed E-state index contributed by atoms with van der Waals surface area (Å²) in [5.74, 6) is 0.761. The van der Waals surface area contributed by atoms with E-state index >= 15 is 0 Å². The molecule has 0 N–H and O–H groups in total. The molecule has 0 heteroatoms. The average Bonchev–Trinajstić information content (AvgIpc) is 2.38. The van der Waals surface area contributed by atoms with Crippen LogP contribution in [0.1, 0.15) is 43.2 Å². The molecule has 0 bridgehead atoms. The minimum Gasteiger partial charge on any atom is -0.0985 e. The predicted molar refractivity (Wildman–Crippen MR) is 75.9 cm³/mol. The van der Waals surface area contributed by atoms with Crippen molar-refractivity contribution in [1.29, 1.82) is 0 Å². The fourth-order valence-corrected chi connectivity index (χ4v) is 2.72. The first kappa shape index (κ1) is 12.2. The summed E-state index contributed by atoms with van der Waals surface area (Å²) in [6.07, 6.45) is 11.3. The van der Waals surface area contributed by atoms with E-state index in [2.05, 4.69) is 43.8 Å². The maximum atomic E-state index is 3.98. The third kappa shape index (κ3) is 3.09. The highest BCUT2D eigenvalue weighted by Gasteiger charge is 2.12. The first-order valence-electron chi connectivity index (χ1n) is 6.71. The number of hydrogen-bond donors (Lipinski definition) is 0. The zero-order valence-electron chi connectivity index (χ0n) is 10.8. The van der Waals surface area contributed by atoms with E-state index in [0.717, 1.165) is 5.92 Å². The van der Waals surface area contributed by atoms with E-state index in [1.807, 2.05) is 6.08 Å². The van der Waals surface area contributed by atoms with Gasteiger partial charge in [0, 0.05) is 0 Å². The highest BCUT2D eigenvalue weighted by molar-refractivity contribution is 5.75. The molecule has 0 aromatic heterocycles. The molecule has 0 saturated heterocycles. The topological polar surface area (TPSA) is 0 Å². The highest BCUT2D eigenvalue weighted by atomic mass is 14.2. The standard InChI is InChI=1S/C17H22/c1-3-16(13-15-10-5-4-6-11-15)17-12-8-7-9-14(17)2/h3,7-9,12-13,15H,1,4-6,10-11H2,2H3/b16-13+. The smallest absolute Gasteiger partial charge is 0.0158 e. The van der Waals surface area contributed by atoms with Crippen LogP contribution in [-0.2, 0) is 0 Å². The number of benzene rings is 1. The van der Waals surface area contributed by atoms with Crippen LogP contribution in [-0.4, -0.2) is 0 Å². The van der Waals surface area contributed by atoms with Gasteiger partial charge in [0.05, 0.1) is 0 Å². The summed E-state index contributed by atoms with van der Waals surface area (Å²) in [7, 11) is 0. The summed E-state index contributed by atoms with van der Waals surface area (Å²) in [5, 5.41) is 0. The van der Waals surface area contributed by atoms with Crippen molar-refractivity contribution in [3.05, 3.63) is 54.1 Å². The van der Waals surface area contributed by atoms with Crippen LogP contribution < -0.4 is 0 Å². The zero-order chi connectivity index (χ0) is 12.1. The fourth-order valence-electron chi connectivity index (χ4n) is 2.72. The Labute approximate surface area is 105 Å². The Hall–Kier alpha value is -1.30. The molecule has 0 radical (unpaired) electrons. The minimum absolute atomic E-state index is 0.761. The average molecular weight is 226 g/mol. The molecule has 2 rings (SSSR count). The van der Waals surface area contributed by atoms with Crippen LogP contribution >= 0.6 is 0 Å². The van der Waals surface area contributed by atoms with Gasteiger partial charge in [-0.25, -0.2) is 0 Å². The van der Waals surface area contributed by atoms with E-state index < -0.39 is 0 Å². The van der Waals surface area contributed by atoms with Crippen molar-refractivity contribution in [2.45, 2.75) is 39.0 Å². The summed E-state index contributed by atoms with van der Waals surface area (Å²) >= 11 is 0. The van der Waals surface area contributed by atoms with Crippen LogP contribution in [0.25, 0.3) is 5.57 Å². The Morgan fingerprint density at radius 1 is 1.18 bits per heavy atom. The van der Waals surface area contributed by atoms with Gasteiger partial charge in [0.1, 0.15) is 0 Å². The van der Waals surface area contributed by atoms with E-state index in [1.165, 1.54) is 48.8 Å². The summed E-state index contributed by atoms with van der Waals surface area (Å²) < 4.78 is 0. The van der Waals surface area contributed by atoms with Gasteiger partial charge in [-0.1, -0.05) is 62.3 Å². The molecule has 1 aliphatic rings. The molecular weight excluding hydrogens is 204 g/mol. The Morgan fingerprint density at radius 2 is 1.88 bits per heavy atom. The van der Waals surface area contributed by atoms with Gasteiger partial charge >= 0.3 is 0 Å². The van der Waals surface area contributed by atoms with Crippen LogP contribution in [0.3, 0.4) is 0 Å². The summed E-state index contributed by atoms with van der Waals surface area (Å²) in [5.41, 5.74) is 4.00. The maximum absolute atomic E-state index is 3.98. The second kappa shape index (κ2) is 5.86. The van der Waals surface area contributed by atoms with Crippen LogP contribution in [0.4, 0.5) is 0 Å². The summed E-state index contributed by atoms with van der Waals surface area (Å²) in [6, 6.07) is 8.58. The van der Waals surface area contributed by atoms with Gasteiger partial charge in [0.15, 0.2) is 0 Å². The molecular formula is C17H22. The van der Waals surface area contributed by atoms with Crippen LogP contribution in [0.15, 0.2) is 43.0 Å². The Morgan fingerprint density at radius 3 is 2.53 bits per heavy atom. The van der Waals surface area contributed by atoms with E-state index in [-0.39, 0.29) is 0 Å². The van der Waals surface area contributed by atoms with Crippen molar-refractivity contribution in [3.63, 3.8) is 0 Å². The molecule has 1 saturated carbocycles. The Bertz CT molecular complexity index is 406. The minimum atomic E-state index is 0.761. The molecule has 90 valence electrons. The molecule has 1 aromatic rings. The van der Waals surface area contributed by atoms with Gasteiger partial charge < -0.3 is 0 Å². The third-order valence-electron chi connectivity index (χ3n) is 3.74. The van der Waals surface area contributed by atoms with Gasteiger partial charge in [-0.2, -0.15) is 0 Å². The molecule has 0 aliphatic heterocycles. The van der Waals surface area contributed by atoms with Crippen molar-refractivity contribution in [3.8, 4) is 0 Å². The molecule has 0 atom stereocenters. The predicted octanol–water partition coefficient (Wildman–Crippen LogP) is 5.14. The third-order valence-corrected chi connectivity index (χ3v) is 3.74. The number of rotatable bonds is 3. The maximum Gasteiger partial charge on any atom is -0.0158 e. The van der Waals surface area contributed by atoms with Crippen LogP contribution in [0.5, 0.6) is 0 Å². The van der Waals surface area contributed by atoms with Crippen LogP contribution in [0, 0.1) is 12.8 Å². The van der Waals surface area contributed by atoms with E-state index in [0.29, 0.717) is 0 Å². The van der Waals surface area contributed by atoms with E-state index in [1.54, 1.807) is 0 Å². The summed E-state index contributed by atoms with van der Waals surface area (Å²) in [4.78, 5) is 0. The number of aryl methyl sites for hydroxylation is 1. The molecule has 17 heavy (non-hydrogen) atoms. The molecule has 0 spiro atoms. The Balaban J connectivity index is 2.23. The quantitative estimate of drug-likeness (QED) is 0.626. The first-order chi connectivity index (χ1) is 8.31. The largest absolute Gasteiger partial charge is 0.0985 e. The summed E-state index contributed by atoms with van der Waals surface area (Å²) in [6.45, 7) is 6.15.